The molecule has 17 heavy (non-hydrogen) atoms. The van der Waals surface area contributed by atoms with Crippen LogP contribution in [0.3, 0.4) is 0 Å². The van der Waals surface area contributed by atoms with E-state index in [1.54, 1.807) is 4.31 Å². The summed E-state index contributed by atoms with van der Waals surface area (Å²) >= 11 is 0. The minimum absolute atomic E-state index is 0.320. The second-order valence-corrected chi connectivity index (χ2v) is 6.82. The van der Waals surface area contributed by atoms with Gasteiger partial charge in [-0.25, -0.2) is 12.7 Å². The van der Waals surface area contributed by atoms with Gasteiger partial charge >= 0.3 is 0 Å². The van der Waals surface area contributed by atoms with Crippen molar-refractivity contribution in [2.75, 3.05) is 31.9 Å². The fourth-order valence-electron chi connectivity index (χ4n) is 2.11. The van der Waals surface area contributed by atoms with Crippen LogP contribution in [-0.2, 0) is 10.0 Å². The molecule has 0 amide bonds. The molecule has 0 saturated carbocycles. The molecule has 1 aliphatic rings. The van der Waals surface area contributed by atoms with Crippen molar-refractivity contribution >= 4 is 10.0 Å². The summed E-state index contributed by atoms with van der Waals surface area (Å²) in [7, 11) is -2.97. The zero-order valence-corrected chi connectivity index (χ0v) is 11.8. The summed E-state index contributed by atoms with van der Waals surface area (Å²) in [5, 5.41) is 3.29. The second-order valence-electron chi connectivity index (χ2n) is 4.73. The molecule has 0 aromatic rings. The molecule has 0 aliphatic carbocycles. The maximum absolute atomic E-state index is 12.0. The van der Waals surface area contributed by atoms with E-state index >= 15 is 0 Å². The maximum atomic E-state index is 12.0. The number of sulfonamides is 1. The number of nitrogens with zero attached hydrogens (tertiary/aromatic N) is 1. The first-order valence-corrected chi connectivity index (χ1v) is 8.46. The Morgan fingerprint density at radius 1 is 1.06 bits per heavy atom. The van der Waals surface area contributed by atoms with Crippen LogP contribution in [0.25, 0.3) is 0 Å². The fourth-order valence-corrected chi connectivity index (χ4v) is 3.75. The van der Waals surface area contributed by atoms with Gasteiger partial charge in [0.25, 0.3) is 0 Å². The molecule has 1 fully saturated rings. The first-order chi connectivity index (χ1) is 8.17. The average molecular weight is 262 g/mol. The fraction of sp³-hybridized carbons (Fsp3) is 1.00. The lowest BCUT2D eigenvalue weighted by Gasteiger charge is -2.25. The monoisotopic (exact) mass is 262 g/mol. The molecule has 0 spiro atoms. The van der Waals surface area contributed by atoms with E-state index in [-0.39, 0.29) is 0 Å². The molecule has 0 atom stereocenters. The number of hydrogen-bond donors (Lipinski definition) is 1. The van der Waals surface area contributed by atoms with Gasteiger partial charge in [-0.1, -0.05) is 13.3 Å². The molecule has 1 aliphatic heterocycles. The third-order valence-corrected chi connectivity index (χ3v) is 5.10. The Bertz CT molecular complexity index is 285. The van der Waals surface area contributed by atoms with Crippen molar-refractivity contribution in [3.8, 4) is 0 Å². The lowest BCUT2D eigenvalue weighted by molar-refractivity contribution is 0.346. The third kappa shape index (κ3) is 5.84. The Kier molecular flexibility index (Phi) is 7.08. The number of rotatable bonds is 8. The highest BCUT2D eigenvalue weighted by Gasteiger charge is 2.22. The Hall–Kier alpha value is -0.130. The van der Waals surface area contributed by atoms with Gasteiger partial charge in [-0.2, -0.15) is 0 Å². The molecule has 4 nitrogen and oxygen atoms in total. The predicted molar refractivity (Wildman–Crippen MR) is 71.6 cm³/mol. The van der Waals surface area contributed by atoms with Gasteiger partial charge in [-0.05, 0) is 45.2 Å². The third-order valence-electron chi connectivity index (χ3n) is 3.14. The van der Waals surface area contributed by atoms with Gasteiger partial charge in [0.15, 0.2) is 0 Å². The van der Waals surface area contributed by atoms with Crippen molar-refractivity contribution in [2.45, 2.75) is 45.4 Å². The highest BCUT2D eigenvalue weighted by Crippen LogP contribution is 2.14. The first-order valence-electron chi connectivity index (χ1n) is 6.85. The predicted octanol–water partition coefficient (Wildman–Crippen LogP) is 1.58. The van der Waals surface area contributed by atoms with E-state index in [0.29, 0.717) is 5.75 Å². The molecule has 5 heteroatoms. The van der Waals surface area contributed by atoms with Crippen molar-refractivity contribution in [2.24, 2.45) is 0 Å². The average Bonchev–Trinajstić information content (AvgIpc) is 2.35. The van der Waals surface area contributed by atoms with Crippen molar-refractivity contribution in [3.05, 3.63) is 0 Å². The van der Waals surface area contributed by atoms with Crippen LogP contribution < -0.4 is 5.32 Å². The Balaban J connectivity index is 2.15. The van der Waals surface area contributed by atoms with E-state index in [2.05, 4.69) is 12.2 Å². The molecule has 0 unspecified atom stereocenters. The Morgan fingerprint density at radius 2 is 1.76 bits per heavy atom. The molecule has 102 valence electrons. The van der Waals surface area contributed by atoms with Gasteiger partial charge in [-0.3, -0.25) is 0 Å². The van der Waals surface area contributed by atoms with Gasteiger partial charge in [-0.15, -0.1) is 0 Å². The van der Waals surface area contributed by atoms with Gasteiger partial charge < -0.3 is 5.32 Å². The van der Waals surface area contributed by atoms with Crippen LogP contribution in [0.15, 0.2) is 0 Å². The normalized spacial score (nSPS) is 18.4. The number of nitrogens with one attached hydrogen (secondary N) is 1. The van der Waals surface area contributed by atoms with E-state index in [1.165, 1.54) is 6.42 Å². The number of piperidine rings is 1. The van der Waals surface area contributed by atoms with E-state index in [4.69, 9.17) is 0 Å². The molecule has 1 saturated heterocycles. The van der Waals surface area contributed by atoms with Crippen LogP contribution in [0.5, 0.6) is 0 Å². The van der Waals surface area contributed by atoms with E-state index in [1.807, 2.05) is 0 Å². The molecule has 0 radical (unpaired) electrons. The summed E-state index contributed by atoms with van der Waals surface area (Å²) in [6.45, 7) is 5.56. The lowest BCUT2D eigenvalue weighted by Crippen LogP contribution is -2.37. The summed E-state index contributed by atoms with van der Waals surface area (Å²) in [5.74, 6) is 0.320. The summed E-state index contributed by atoms with van der Waals surface area (Å²) < 4.78 is 25.6. The molecular formula is C12H26N2O2S. The summed E-state index contributed by atoms with van der Waals surface area (Å²) in [5.41, 5.74) is 0. The minimum Gasteiger partial charge on any atom is -0.317 e. The maximum Gasteiger partial charge on any atom is 0.214 e. The van der Waals surface area contributed by atoms with Crippen LogP contribution in [0.4, 0.5) is 0 Å². The van der Waals surface area contributed by atoms with Crippen molar-refractivity contribution in [3.63, 3.8) is 0 Å². The summed E-state index contributed by atoms with van der Waals surface area (Å²) in [4.78, 5) is 0. The second kappa shape index (κ2) is 8.06. The molecule has 1 rings (SSSR count). The number of hydrogen-bond acceptors (Lipinski definition) is 3. The molecule has 0 aromatic carbocycles. The molecular weight excluding hydrogens is 236 g/mol. The SMILES string of the molecule is CCCNCCCCS(=O)(=O)N1CCCCC1. The first kappa shape index (κ1) is 14.9. The van der Waals surface area contributed by atoms with Crippen molar-refractivity contribution in [1.29, 1.82) is 0 Å². The van der Waals surface area contributed by atoms with E-state index in [0.717, 1.165) is 58.3 Å². The molecule has 1 N–H and O–H groups in total. The van der Waals surface area contributed by atoms with Crippen molar-refractivity contribution in [1.82, 2.24) is 9.62 Å². The Morgan fingerprint density at radius 3 is 2.41 bits per heavy atom. The van der Waals surface area contributed by atoms with Crippen LogP contribution in [0.1, 0.15) is 45.4 Å². The van der Waals surface area contributed by atoms with Crippen LogP contribution >= 0.6 is 0 Å². The Labute approximate surface area is 106 Å². The van der Waals surface area contributed by atoms with Gasteiger partial charge in [0.1, 0.15) is 0 Å². The quantitative estimate of drug-likeness (QED) is 0.676. The zero-order valence-electron chi connectivity index (χ0n) is 11.0. The highest BCUT2D eigenvalue weighted by atomic mass is 32.2. The van der Waals surface area contributed by atoms with E-state index in [9.17, 15) is 8.42 Å². The van der Waals surface area contributed by atoms with Gasteiger partial charge in [0.2, 0.25) is 10.0 Å². The van der Waals surface area contributed by atoms with Crippen LogP contribution in [-0.4, -0.2) is 44.7 Å². The highest BCUT2D eigenvalue weighted by molar-refractivity contribution is 7.89. The number of unbranched alkanes of at least 4 members (excludes halogenated alkanes) is 1. The lowest BCUT2D eigenvalue weighted by atomic mass is 10.2. The van der Waals surface area contributed by atoms with Gasteiger partial charge in [0, 0.05) is 13.1 Å². The smallest absolute Gasteiger partial charge is 0.214 e. The largest absolute Gasteiger partial charge is 0.317 e. The topological polar surface area (TPSA) is 49.4 Å². The van der Waals surface area contributed by atoms with Gasteiger partial charge in [0.05, 0.1) is 5.75 Å². The molecule has 1 heterocycles. The summed E-state index contributed by atoms with van der Waals surface area (Å²) in [6.07, 6.45) is 6.08. The van der Waals surface area contributed by atoms with Crippen LogP contribution in [0.2, 0.25) is 0 Å². The summed E-state index contributed by atoms with van der Waals surface area (Å²) in [6, 6.07) is 0. The molecule has 0 aromatic heterocycles. The van der Waals surface area contributed by atoms with Crippen LogP contribution in [0, 0.1) is 0 Å². The molecule has 0 bridgehead atoms. The standard InChI is InChI=1S/C12H26N2O2S/c1-2-8-13-9-4-7-12-17(15,16)14-10-5-3-6-11-14/h13H,2-12H2,1H3. The van der Waals surface area contributed by atoms with Crippen molar-refractivity contribution < 1.29 is 8.42 Å². The zero-order chi connectivity index (χ0) is 12.6. The minimum atomic E-state index is -2.97. The van der Waals surface area contributed by atoms with E-state index < -0.39 is 10.0 Å².